The Kier molecular flexibility index (Phi) is 10.7. The summed E-state index contributed by atoms with van der Waals surface area (Å²) in [5.41, 5.74) is 26.0. The lowest BCUT2D eigenvalue weighted by Crippen LogP contribution is -2.61. The molecule has 0 spiro atoms. The lowest BCUT2D eigenvalue weighted by Gasteiger charge is -2.46. The predicted octanol–water partition coefficient (Wildman–Crippen LogP) is 17.1. The highest BCUT2D eigenvalue weighted by molar-refractivity contribution is 7.00. The quantitative estimate of drug-likeness (QED) is 0.154. The van der Waals surface area contributed by atoms with Gasteiger partial charge in [-0.3, -0.25) is 0 Å². The van der Waals surface area contributed by atoms with E-state index < -0.39 is 0 Å². The predicted molar refractivity (Wildman–Crippen MR) is 314 cm³/mol. The van der Waals surface area contributed by atoms with Crippen LogP contribution in [0.4, 0.5) is 51.2 Å². The monoisotopic (exact) mass is 948 g/mol. The Labute approximate surface area is 434 Å². The van der Waals surface area contributed by atoms with E-state index in [0.29, 0.717) is 0 Å². The summed E-state index contributed by atoms with van der Waals surface area (Å²) < 4.78 is 0. The maximum absolute atomic E-state index is 2.61. The van der Waals surface area contributed by atoms with Crippen molar-refractivity contribution in [2.75, 3.05) is 14.7 Å². The topological polar surface area (TPSA) is 9.72 Å². The van der Waals surface area contributed by atoms with Crippen molar-refractivity contribution in [2.45, 2.75) is 97.8 Å². The van der Waals surface area contributed by atoms with Crippen molar-refractivity contribution < 1.29 is 0 Å². The number of rotatable bonds is 6. The smallest absolute Gasteiger partial charge is 0.252 e. The van der Waals surface area contributed by atoms with Crippen LogP contribution >= 0.6 is 0 Å². The Hall–Kier alpha value is -7.56. The van der Waals surface area contributed by atoms with Crippen LogP contribution in [0.25, 0.3) is 22.3 Å². The van der Waals surface area contributed by atoms with Gasteiger partial charge in [-0.25, -0.2) is 0 Å². The third-order valence-electron chi connectivity index (χ3n) is 16.1. The Morgan fingerprint density at radius 2 is 0.904 bits per heavy atom. The zero-order valence-electron chi connectivity index (χ0n) is 44.5. The van der Waals surface area contributed by atoms with Gasteiger partial charge in [0.15, 0.2) is 0 Å². The summed E-state index contributed by atoms with van der Waals surface area (Å²) in [4.78, 5) is 7.63. The van der Waals surface area contributed by atoms with E-state index in [0.717, 1.165) is 22.7 Å². The van der Waals surface area contributed by atoms with Crippen LogP contribution in [0.15, 0.2) is 200 Å². The fraction of sp³-hybridized carbons (Fsp3) is 0.217. The molecule has 0 radical (unpaired) electrons. The summed E-state index contributed by atoms with van der Waals surface area (Å²) in [6, 6.07) is 75.9. The molecule has 9 aromatic carbocycles. The summed E-state index contributed by atoms with van der Waals surface area (Å²) in [5, 5.41) is 0. The molecule has 0 unspecified atom stereocenters. The first kappa shape index (κ1) is 46.5. The van der Waals surface area contributed by atoms with Gasteiger partial charge in [-0.2, -0.15) is 0 Å². The van der Waals surface area contributed by atoms with Crippen LogP contribution in [0.3, 0.4) is 0 Å². The van der Waals surface area contributed by atoms with Crippen LogP contribution in [0.1, 0.15) is 104 Å². The summed E-state index contributed by atoms with van der Waals surface area (Å²) in [6.45, 7) is 25.8. The number of nitrogens with zero attached hydrogens (tertiary/aromatic N) is 3. The molecule has 0 fully saturated rings. The lowest BCUT2D eigenvalue weighted by molar-refractivity contribution is 0.590. The molecule has 0 amide bonds. The number of anilines is 9. The molecule has 0 aromatic heterocycles. The number of benzene rings is 9. The largest absolute Gasteiger partial charge is 0.311 e. The molecule has 2 heterocycles. The molecule has 9 aromatic rings. The van der Waals surface area contributed by atoms with E-state index in [2.05, 4.69) is 291 Å². The molecule has 0 saturated heterocycles. The normalized spacial score (nSPS) is 14.3. The molecule has 3 nitrogen and oxygen atoms in total. The van der Waals surface area contributed by atoms with Crippen molar-refractivity contribution in [2.24, 2.45) is 0 Å². The number of hydrogen-bond donors (Lipinski definition) is 0. The Morgan fingerprint density at radius 3 is 1.56 bits per heavy atom. The van der Waals surface area contributed by atoms with E-state index in [1.165, 1.54) is 94.9 Å². The van der Waals surface area contributed by atoms with Crippen LogP contribution in [0.2, 0.25) is 0 Å². The second-order valence-corrected chi connectivity index (χ2v) is 24.3. The minimum Gasteiger partial charge on any atom is -0.311 e. The van der Waals surface area contributed by atoms with E-state index in [1.807, 2.05) is 0 Å². The number of hydrogen-bond acceptors (Lipinski definition) is 3. The highest BCUT2D eigenvalue weighted by atomic mass is 15.2. The zero-order chi connectivity index (χ0) is 50.8. The van der Waals surface area contributed by atoms with E-state index in [4.69, 9.17) is 0 Å². The van der Waals surface area contributed by atoms with Crippen LogP contribution in [0, 0.1) is 0 Å². The van der Waals surface area contributed by atoms with E-state index >= 15 is 0 Å². The molecule has 0 bridgehead atoms. The third kappa shape index (κ3) is 7.72. The van der Waals surface area contributed by atoms with Gasteiger partial charge in [-0.1, -0.05) is 197 Å². The van der Waals surface area contributed by atoms with E-state index in [9.17, 15) is 0 Å². The van der Waals surface area contributed by atoms with Crippen molar-refractivity contribution in [3.05, 3.63) is 228 Å². The van der Waals surface area contributed by atoms with Gasteiger partial charge < -0.3 is 14.7 Å². The Balaban J connectivity index is 1.13. The minimum absolute atomic E-state index is 0.00886. The van der Waals surface area contributed by atoms with Gasteiger partial charge in [0.1, 0.15) is 0 Å². The van der Waals surface area contributed by atoms with Gasteiger partial charge in [-0.15, -0.1) is 0 Å². The minimum atomic E-state index is -0.148. The molecular formula is C69H66BN3. The maximum atomic E-state index is 2.61. The Morgan fingerprint density at radius 1 is 0.370 bits per heavy atom. The molecule has 2 aliphatic heterocycles. The molecule has 360 valence electrons. The zero-order valence-corrected chi connectivity index (χ0v) is 44.5. The first-order valence-corrected chi connectivity index (χ1v) is 26.3. The summed E-state index contributed by atoms with van der Waals surface area (Å²) in [5.74, 6) is 0. The molecular weight excluding hydrogens is 882 g/mol. The highest BCUT2D eigenvalue weighted by Crippen LogP contribution is 2.53. The summed E-state index contributed by atoms with van der Waals surface area (Å²) in [7, 11) is 0. The molecule has 0 N–H and O–H groups in total. The van der Waals surface area contributed by atoms with Gasteiger partial charge >= 0.3 is 0 Å². The van der Waals surface area contributed by atoms with Gasteiger partial charge in [0, 0.05) is 56.6 Å². The van der Waals surface area contributed by atoms with E-state index in [-0.39, 0.29) is 28.4 Å². The maximum Gasteiger partial charge on any atom is 0.252 e. The van der Waals surface area contributed by atoms with Crippen molar-refractivity contribution in [1.82, 2.24) is 0 Å². The fourth-order valence-corrected chi connectivity index (χ4v) is 12.0. The van der Waals surface area contributed by atoms with Gasteiger partial charge in [0.05, 0.1) is 0 Å². The molecule has 1 aliphatic carbocycles. The first-order chi connectivity index (χ1) is 34.9. The standard InChI is InChI=1S/C69H66BN3/c1-66(2,3)47-28-33-52(34-29-47)72-62-44-54(71(50-22-16-13-17-23-50)51-31-26-46(27-32-51)45-20-14-12-15-21-45)36-38-59(62)70-60-40-48(67(4,5)6)30-39-61(60)73(64-42-49(68(7,8)9)41-63(72)65(64)70)53-35-37-56-55-24-18-19-25-57(55)69(10,11)58(56)43-53/h12-44H,1-11H3. The molecule has 0 saturated carbocycles. The van der Waals surface area contributed by atoms with Crippen molar-refractivity contribution in [3.63, 3.8) is 0 Å². The number of fused-ring (bicyclic) bond motifs is 7. The second kappa shape index (κ2) is 16.8. The van der Waals surface area contributed by atoms with Crippen LogP contribution in [-0.2, 0) is 21.7 Å². The first-order valence-electron chi connectivity index (χ1n) is 26.3. The van der Waals surface area contributed by atoms with Crippen LogP contribution < -0.4 is 31.1 Å². The lowest BCUT2D eigenvalue weighted by atomic mass is 9.33. The van der Waals surface area contributed by atoms with Crippen molar-refractivity contribution >= 4 is 74.3 Å². The van der Waals surface area contributed by atoms with E-state index in [1.54, 1.807) is 0 Å². The van der Waals surface area contributed by atoms with Crippen molar-refractivity contribution in [1.29, 1.82) is 0 Å². The van der Waals surface area contributed by atoms with Gasteiger partial charge in [0.2, 0.25) is 0 Å². The average molecular weight is 948 g/mol. The molecule has 73 heavy (non-hydrogen) atoms. The summed E-state index contributed by atoms with van der Waals surface area (Å²) >= 11 is 0. The van der Waals surface area contributed by atoms with Gasteiger partial charge in [0.25, 0.3) is 6.71 Å². The summed E-state index contributed by atoms with van der Waals surface area (Å²) in [6.07, 6.45) is 0. The second-order valence-electron chi connectivity index (χ2n) is 24.3. The highest BCUT2D eigenvalue weighted by Gasteiger charge is 2.45. The number of para-hydroxylation sites is 1. The van der Waals surface area contributed by atoms with Crippen molar-refractivity contribution in [3.8, 4) is 22.3 Å². The third-order valence-corrected chi connectivity index (χ3v) is 16.1. The molecule has 4 heteroatoms. The van der Waals surface area contributed by atoms with Crippen LogP contribution in [-0.4, -0.2) is 6.71 Å². The SMILES string of the molecule is CC(C)(C)c1ccc(N2c3cc(N(c4ccccc4)c4ccc(-c5ccccc5)cc4)ccc3B3c4cc(C(C)(C)C)ccc4N(c4ccc5c(c4)C(C)(C)c4ccccc4-5)c4cc(C(C)(C)C)cc2c43)cc1. The average Bonchev–Trinajstić information content (AvgIpc) is 3.61. The molecule has 0 atom stereocenters. The van der Waals surface area contributed by atoms with Crippen LogP contribution in [0.5, 0.6) is 0 Å². The Bertz CT molecular complexity index is 3590. The van der Waals surface area contributed by atoms with Gasteiger partial charge in [-0.05, 0) is 162 Å². The molecule has 3 aliphatic rings. The molecule has 12 rings (SSSR count). The fourth-order valence-electron chi connectivity index (χ4n) is 12.0.